The van der Waals surface area contributed by atoms with Crippen LogP contribution in [0.25, 0.3) is 10.9 Å². The Morgan fingerprint density at radius 1 is 1.42 bits per heavy atom. The van der Waals surface area contributed by atoms with Gasteiger partial charge in [-0.3, -0.25) is 9.48 Å². The molecule has 1 atom stereocenters. The summed E-state index contributed by atoms with van der Waals surface area (Å²) in [5.74, 6) is -1.31. The van der Waals surface area contributed by atoms with Crippen LogP contribution < -0.4 is 0 Å². The molecule has 6 heteroatoms. The van der Waals surface area contributed by atoms with Gasteiger partial charge in [0.1, 0.15) is 12.6 Å². The van der Waals surface area contributed by atoms with E-state index in [1.807, 2.05) is 24.3 Å². The molecule has 1 heterocycles. The maximum absolute atomic E-state index is 12.0. The Kier molecular flexibility index (Phi) is 3.50. The number of aliphatic carboxylic acids is 1. The first-order valence-corrected chi connectivity index (χ1v) is 5.89. The van der Waals surface area contributed by atoms with Crippen molar-refractivity contribution in [3.05, 3.63) is 30.5 Å². The summed E-state index contributed by atoms with van der Waals surface area (Å²) in [5, 5.41) is 14.0. The number of carbonyl (C=O) groups is 2. The second kappa shape index (κ2) is 5.09. The number of aromatic nitrogens is 2. The number of hydrogen-bond donors (Lipinski definition) is 1. The smallest absolute Gasteiger partial charge is 0.326 e. The summed E-state index contributed by atoms with van der Waals surface area (Å²) in [6.07, 6.45) is 1.68. The fraction of sp³-hybridized carbons (Fsp3) is 0.308. The van der Waals surface area contributed by atoms with Gasteiger partial charge in [0.05, 0.1) is 11.7 Å². The molecule has 1 unspecified atom stereocenters. The molecule has 100 valence electrons. The Morgan fingerprint density at radius 2 is 2.11 bits per heavy atom. The minimum absolute atomic E-state index is 0.0294. The molecule has 0 aliphatic rings. The van der Waals surface area contributed by atoms with Gasteiger partial charge in [0.25, 0.3) is 0 Å². The lowest BCUT2D eigenvalue weighted by molar-refractivity contribution is -0.148. The van der Waals surface area contributed by atoms with Crippen molar-refractivity contribution in [2.45, 2.75) is 19.5 Å². The zero-order valence-corrected chi connectivity index (χ0v) is 10.8. The molecule has 1 aromatic heterocycles. The van der Waals surface area contributed by atoms with E-state index in [0.717, 1.165) is 10.9 Å². The number of para-hydroxylation sites is 1. The molecule has 19 heavy (non-hydrogen) atoms. The Balaban J connectivity index is 2.17. The zero-order chi connectivity index (χ0) is 14.0. The Labute approximate surface area is 110 Å². The molecule has 0 saturated heterocycles. The van der Waals surface area contributed by atoms with Gasteiger partial charge < -0.3 is 10.0 Å². The van der Waals surface area contributed by atoms with Crippen LogP contribution in [-0.4, -0.2) is 44.8 Å². The van der Waals surface area contributed by atoms with Crippen molar-refractivity contribution in [1.29, 1.82) is 0 Å². The first-order valence-electron chi connectivity index (χ1n) is 5.89. The maximum atomic E-state index is 12.0. The highest BCUT2D eigenvalue weighted by atomic mass is 16.4. The third-order valence-electron chi connectivity index (χ3n) is 3.17. The summed E-state index contributed by atoms with van der Waals surface area (Å²) >= 11 is 0. The monoisotopic (exact) mass is 261 g/mol. The van der Waals surface area contributed by atoms with Crippen LogP contribution in [0.4, 0.5) is 0 Å². The van der Waals surface area contributed by atoms with E-state index in [1.165, 1.54) is 18.9 Å². The lowest BCUT2D eigenvalue weighted by Crippen LogP contribution is -2.41. The van der Waals surface area contributed by atoms with Gasteiger partial charge in [-0.2, -0.15) is 5.10 Å². The van der Waals surface area contributed by atoms with Crippen LogP contribution in [0.5, 0.6) is 0 Å². The molecule has 1 aromatic carbocycles. The Morgan fingerprint density at radius 3 is 2.79 bits per heavy atom. The van der Waals surface area contributed by atoms with E-state index >= 15 is 0 Å². The van der Waals surface area contributed by atoms with Gasteiger partial charge in [0.2, 0.25) is 5.91 Å². The number of fused-ring (bicyclic) bond motifs is 1. The maximum Gasteiger partial charge on any atom is 0.326 e. The Bertz CT molecular complexity index is 620. The van der Waals surface area contributed by atoms with E-state index in [4.69, 9.17) is 5.11 Å². The van der Waals surface area contributed by atoms with E-state index in [2.05, 4.69) is 5.10 Å². The summed E-state index contributed by atoms with van der Waals surface area (Å²) in [6, 6.07) is 6.70. The highest BCUT2D eigenvalue weighted by Crippen LogP contribution is 2.12. The molecule has 2 aromatic rings. The molecule has 0 bridgehead atoms. The predicted octanol–water partition coefficient (Wildman–Crippen LogP) is 0.968. The molecular weight excluding hydrogens is 246 g/mol. The number of carboxylic acid groups (broad SMARTS) is 1. The van der Waals surface area contributed by atoms with Crippen LogP contribution in [0.1, 0.15) is 6.92 Å². The van der Waals surface area contributed by atoms with Gasteiger partial charge in [0, 0.05) is 12.4 Å². The number of amides is 1. The molecule has 0 spiro atoms. The molecule has 0 fully saturated rings. The lowest BCUT2D eigenvalue weighted by atomic mass is 10.2. The lowest BCUT2D eigenvalue weighted by Gasteiger charge is -2.21. The molecule has 0 aliphatic carbocycles. The van der Waals surface area contributed by atoms with E-state index in [1.54, 1.807) is 10.9 Å². The van der Waals surface area contributed by atoms with Crippen molar-refractivity contribution in [2.75, 3.05) is 7.05 Å². The van der Waals surface area contributed by atoms with Crippen LogP contribution in [0.3, 0.4) is 0 Å². The summed E-state index contributed by atoms with van der Waals surface area (Å²) in [4.78, 5) is 24.1. The van der Waals surface area contributed by atoms with Crippen molar-refractivity contribution in [1.82, 2.24) is 14.7 Å². The van der Waals surface area contributed by atoms with E-state index < -0.39 is 12.0 Å². The number of carboxylic acids is 1. The standard InChI is InChI=1S/C13H15N3O3/c1-9(13(18)19)15(2)12(17)8-16-11-6-4-3-5-10(11)7-14-16/h3-7,9H,8H2,1-2H3,(H,18,19). The number of rotatable bonds is 4. The van der Waals surface area contributed by atoms with Gasteiger partial charge in [-0.05, 0) is 13.0 Å². The largest absolute Gasteiger partial charge is 0.480 e. The van der Waals surface area contributed by atoms with Crippen molar-refractivity contribution >= 4 is 22.8 Å². The van der Waals surface area contributed by atoms with Crippen molar-refractivity contribution in [3.8, 4) is 0 Å². The van der Waals surface area contributed by atoms with Crippen molar-refractivity contribution in [2.24, 2.45) is 0 Å². The van der Waals surface area contributed by atoms with Crippen LogP contribution in [0, 0.1) is 0 Å². The predicted molar refractivity (Wildman–Crippen MR) is 69.6 cm³/mol. The van der Waals surface area contributed by atoms with Crippen LogP contribution in [0.15, 0.2) is 30.5 Å². The third-order valence-corrected chi connectivity index (χ3v) is 3.17. The van der Waals surface area contributed by atoms with Gasteiger partial charge in [-0.25, -0.2) is 4.79 Å². The number of benzene rings is 1. The average Bonchev–Trinajstić information content (AvgIpc) is 2.80. The van der Waals surface area contributed by atoms with Gasteiger partial charge in [0.15, 0.2) is 0 Å². The van der Waals surface area contributed by atoms with E-state index in [9.17, 15) is 9.59 Å². The molecule has 6 nitrogen and oxygen atoms in total. The summed E-state index contributed by atoms with van der Waals surface area (Å²) < 4.78 is 1.57. The van der Waals surface area contributed by atoms with Crippen LogP contribution >= 0.6 is 0 Å². The van der Waals surface area contributed by atoms with E-state index in [0.29, 0.717) is 0 Å². The topological polar surface area (TPSA) is 75.4 Å². The minimum atomic E-state index is -1.03. The molecule has 1 N–H and O–H groups in total. The molecular formula is C13H15N3O3. The second-order valence-corrected chi connectivity index (χ2v) is 4.38. The summed E-state index contributed by atoms with van der Waals surface area (Å²) in [6.45, 7) is 1.50. The quantitative estimate of drug-likeness (QED) is 0.889. The highest BCUT2D eigenvalue weighted by molar-refractivity contribution is 5.85. The molecule has 1 amide bonds. The molecule has 0 radical (unpaired) electrons. The van der Waals surface area contributed by atoms with Crippen LogP contribution in [-0.2, 0) is 16.1 Å². The normalized spacial score (nSPS) is 12.3. The molecule has 0 saturated carbocycles. The Hall–Kier alpha value is -2.37. The summed E-state index contributed by atoms with van der Waals surface area (Å²) in [7, 11) is 1.48. The number of hydrogen-bond acceptors (Lipinski definition) is 3. The van der Waals surface area contributed by atoms with Gasteiger partial charge in [-0.1, -0.05) is 18.2 Å². The summed E-state index contributed by atoms with van der Waals surface area (Å²) in [5.41, 5.74) is 0.854. The van der Waals surface area contributed by atoms with Crippen molar-refractivity contribution < 1.29 is 14.7 Å². The van der Waals surface area contributed by atoms with Gasteiger partial charge in [-0.15, -0.1) is 0 Å². The van der Waals surface area contributed by atoms with Gasteiger partial charge >= 0.3 is 5.97 Å². The average molecular weight is 261 g/mol. The minimum Gasteiger partial charge on any atom is -0.480 e. The number of likely N-dealkylation sites (N-methyl/N-ethyl adjacent to an activating group) is 1. The highest BCUT2D eigenvalue weighted by Gasteiger charge is 2.22. The van der Waals surface area contributed by atoms with E-state index in [-0.39, 0.29) is 12.5 Å². The number of carbonyl (C=O) groups excluding carboxylic acids is 1. The second-order valence-electron chi connectivity index (χ2n) is 4.38. The molecule has 0 aliphatic heterocycles. The zero-order valence-electron chi connectivity index (χ0n) is 10.8. The fourth-order valence-electron chi connectivity index (χ4n) is 1.77. The first-order chi connectivity index (χ1) is 9.00. The van der Waals surface area contributed by atoms with Crippen LogP contribution in [0.2, 0.25) is 0 Å². The molecule has 2 rings (SSSR count). The SMILES string of the molecule is CC(C(=O)O)N(C)C(=O)Cn1ncc2ccccc21. The fourth-order valence-corrected chi connectivity index (χ4v) is 1.77. The first kappa shape index (κ1) is 13.1. The number of nitrogens with zero attached hydrogens (tertiary/aromatic N) is 3. The third kappa shape index (κ3) is 2.57. The van der Waals surface area contributed by atoms with Crippen molar-refractivity contribution in [3.63, 3.8) is 0 Å².